The minimum absolute atomic E-state index is 0.154. The van der Waals surface area contributed by atoms with Gasteiger partial charge in [0.2, 0.25) is 0 Å². The van der Waals surface area contributed by atoms with Gasteiger partial charge in [-0.1, -0.05) is 36.4 Å². The van der Waals surface area contributed by atoms with Crippen molar-refractivity contribution in [3.05, 3.63) is 71.8 Å². The lowest BCUT2D eigenvalue weighted by atomic mass is 10.2. The maximum atomic E-state index is 11.8. The molecule has 0 radical (unpaired) electrons. The predicted molar refractivity (Wildman–Crippen MR) is 85.3 cm³/mol. The van der Waals surface area contributed by atoms with Crippen molar-refractivity contribution in [1.29, 1.82) is 0 Å². The van der Waals surface area contributed by atoms with Gasteiger partial charge in [0, 0.05) is 6.26 Å². The smallest absolute Gasteiger partial charge is 0.338 e. The summed E-state index contributed by atoms with van der Waals surface area (Å²) in [6, 6.07) is 15.3. The zero-order chi connectivity index (χ0) is 16.0. The summed E-state index contributed by atoms with van der Waals surface area (Å²) >= 11 is 0. The Morgan fingerprint density at radius 2 is 1.68 bits per heavy atom. The van der Waals surface area contributed by atoms with Crippen LogP contribution in [-0.2, 0) is 14.6 Å². The molecule has 2 aromatic carbocycles. The number of rotatable bonds is 5. The molecule has 0 unspecified atom stereocenters. The summed E-state index contributed by atoms with van der Waals surface area (Å²) in [4.78, 5) is 12.0. The van der Waals surface area contributed by atoms with Gasteiger partial charge in [-0.05, 0) is 35.9 Å². The van der Waals surface area contributed by atoms with Crippen LogP contribution in [0.1, 0.15) is 15.9 Å². The molecule has 22 heavy (non-hydrogen) atoms. The van der Waals surface area contributed by atoms with Crippen molar-refractivity contribution in [3.63, 3.8) is 0 Å². The number of esters is 1. The fraction of sp³-hybridized carbons (Fsp3) is 0.118. The molecule has 0 saturated heterocycles. The van der Waals surface area contributed by atoms with Crippen LogP contribution < -0.4 is 0 Å². The molecule has 5 heteroatoms. The largest absolute Gasteiger partial charge is 0.458 e. The van der Waals surface area contributed by atoms with Crippen LogP contribution in [0.3, 0.4) is 0 Å². The van der Waals surface area contributed by atoms with Crippen LogP contribution in [-0.4, -0.2) is 27.2 Å². The molecular formula is C17H16O4S. The summed E-state index contributed by atoms with van der Waals surface area (Å²) < 4.78 is 27.8. The van der Waals surface area contributed by atoms with Gasteiger partial charge in [-0.3, -0.25) is 0 Å². The Hall–Kier alpha value is -2.40. The molecule has 0 aliphatic rings. The second kappa shape index (κ2) is 7.04. The minimum Gasteiger partial charge on any atom is -0.458 e. The fourth-order valence-electron chi connectivity index (χ4n) is 1.79. The van der Waals surface area contributed by atoms with Crippen LogP contribution in [0.15, 0.2) is 65.6 Å². The van der Waals surface area contributed by atoms with Crippen LogP contribution in [0.25, 0.3) is 6.08 Å². The van der Waals surface area contributed by atoms with Crippen molar-refractivity contribution in [2.45, 2.75) is 4.90 Å². The zero-order valence-electron chi connectivity index (χ0n) is 12.1. The summed E-state index contributed by atoms with van der Waals surface area (Å²) in [5.74, 6) is -0.488. The van der Waals surface area contributed by atoms with Crippen molar-refractivity contribution >= 4 is 21.9 Å². The highest BCUT2D eigenvalue weighted by molar-refractivity contribution is 7.90. The Morgan fingerprint density at radius 1 is 1.05 bits per heavy atom. The molecule has 4 nitrogen and oxygen atoms in total. The molecule has 0 spiro atoms. The normalized spacial score (nSPS) is 11.5. The quantitative estimate of drug-likeness (QED) is 0.796. The average molecular weight is 316 g/mol. The third-order valence-corrected chi connectivity index (χ3v) is 4.07. The molecule has 0 N–H and O–H groups in total. The van der Waals surface area contributed by atoms with Crippen LogP contribution in [0.5, 0.6) is 0 Å². The van der Waals surface area contributed by atoms with Crippen molar-refractivity contribution < 1.29 is 17.9 Å². The highest BCUT2D eigenvalue weighted by Gasteiger charge is 2.10. The van der Waals surface area contributed by atoms with E-state index in [0.717, 1.165) is 11.8 Å². The van der Waals surface area contributed by atoms with E-state index in [1.54, 1.807) is 6.08 Å². The molecule has 0 fully saturated rings. The molecular weight excluding hydrogens is 300 g/mol. The Balaban J connectivity index is 1.91. The second-order valence-corrected chi connectivity index (χ2v) is 6.72. The van der Waals surface area contributed by atoms with Crippen molar-refractivity contribution in [2.75, 3.05) is 12.9 Å². The van der Waals surface area contributed by atoms with Gasteiger partial charge < -0.3 is 4.74 Å². The summed E-state index contributed by atoms with van der Waals surface area (Å²) in [5, 5.41) is 0. The fourth-order valence-corrected chi connectivity index (χ4v) is 2.42. The Bertz CT molecular complexity index is 760. The molecule has 0 bridgehead atoms. The van der Waals surface area contributed by atoms with E-state index in [9.17, 15) is 13.2 Å². The van der Waals surface area contributed by atoms with Crippen LogP contribution in [0.2, 0.25) is 0 Å². The first-order chi connectivity index (χ1) is 10.5. The first-order valence-electron chi connectivity index (χ1n) is 6.65. The molecule has 0 atom stereocenters. The van der Waals surface area contributed by atoms with E-state index >= 15 is 0 Å². The third-order valence-electron chi connectivity index (χ3n) is 2.94. The van der Waals surface area contributed by atoms with Crippen molar-refractivity contribution in [1.82, 2.24) is 0 Å². The maximum absolute atomic E-state index is 11.8. The van der Waals surface area contributed by atoms with E-state index in [4.69, 9.17) is 4.74 Å². The monoisotopic (exact) mass is 316 g/mol. The second-order valence-electron chi connectivity index (χ2n) is 4.71. The Morgan fingerprint density at radius 3 is 2.27 bits per heavy atom. The van der Waals surface area contributed by atoms with Gasteiger partial charge in [-0.25, -0.2) is 13.2 Å². The number of ether oxygens (including phenoxy) is 1. The molecule has 2 aromatic rings. The lowest BCUT2D eigenvalue weighted by Gasteiger charge is -2.03. The molecule has 0 aromatic heterocycles. The standard InChI is InChI=1S/C17H16O4S/c1-22(19,20)16-11-9-15(10-12-16)17(18)21-13-5-8-14-6-3-2-4-7-14/h2-12H,13H2,1H3. The van der Waals surface area contributed by atoms with Crippen LogP contribution in [0.4, 0.5) is 0 Å². The molecule has 0 heterocycles. The van der Waals surface area contributed by atoms with Crippen molar-refractivity contribution in [3.8, 4) is 0 Å². The van der Waals surface area contributed by atoms with E-state index in [0.29, 0.717) is 5.56 Å². The van der Waals surface area contributed by atoms with Gasteiger partial charge in [0.1, 0.15) is 6.61 Å². The SMILES string of the molecule is CS(=O)(=O)c1ccc(C(=O)OCC=Cc2ccccc2)cc1. The summed E-state index contributed by atoms with van der Waals surface area (Å²) in [7, 11) is -3.26. The van der Waals surface area contributed by atoms with Crippen molar-refractivity contribution in [2.24, 2.45) is 0 Å². The lowest BCUT2D eigenvalue weighted by Crippen LogP contribution is -2.05. The molecule has 0 aliphatic carbocycles. The van der Waals surface area contributed by atoms with Gasteiger partial charge >= 0.3 is 5.97 Å². The highest BCUT2D eigenvalue weighted by atomic mass is 32.2. The summed E-state index contributed by atoms with van der Waals surface area (Å²) in [6.07, 6.45) is 4.73. The van der Waals surface area contributed by atoms with E-state index < -0.39 is 15.8 Å². The maximum Gasteiger partial charge on any atom is 0.338 e. The van der Waals surface area contributed by atoms with Gasteiger partial charge in [-0.2, -0.15) is 0 Å². The van der Waals surface area contributed by atoms with Crippen LogP contribution in [0, 0.1) is 0 Å². The number of carbonyl (C=O) groups is 1. The number of carbonyl (C=O) groups excluding carboxylic acids is 1. The first-order valence-corrected chi connectivity index (χ1v) is 8.55. The first kappa shape index (κ1) is 16.0. The average Bonchev–Trinajstić information content (AvgIpc) is 2.52. The summed E-state index contributed by atoms with van der Waals surface area (Å²) in [5.41, 5.74) is 1.34. The van der Waals surface area contributed by atoms with Gasteiger partial charge in [0.25, 0.3) is 0 Å². The predicted octanol–water partition coefficient (Wildman–Crippen LogP) is 2.96. The molecule has 0 aliphatic heterocycles. The van der Waals surface area contributed by atoms with E-state index in [-0.39, 0.29) is 11.5 Å². The summed E-state index contributed by atoms with van der Waals surface area (Å²) in [6.45, 7) is 0.154. The zero-order valence-corrected chi connectivity index (χ0v) is 12.9. The van der Waals surface area contributed by atoms with Crippen LogP contribution >= 0.6 is 0 Å². The van der Waals surface area contributed by atoms with E-state index in [1.165, 1.54) is 24.3 Å². The van der Waals surface area contributed by atoms with E-state index in [2.05, 4.69) is 0 Å². The molecule has 0 amide bonds. The highest BCUT2D eigenvalue weighted by Crippen LogP contribution is 2.11. The Labute approximate surface area is 130 Å². The Kier molecular flexibility index (Phi) is 5.12. The lowest BCUT2D eigenvalue weighted by molar-refractivity contribution is 0.0550. The van der Waals surface area contributed by atoms with Gasteiger partial charge in [0.05, 0.1) is 10.5 Å². The minimum atomic E-state index is -3.26. The third kappa shape index (κ3) is 4.56. The molecule has 114 valence electrons. The number of sulfone groups is 1. The number of benzene rings is 2. The number of hydrogen-bond donors (Lipinski definition) is 0. The topological polar surface area (TPSA) is 60.4 Å². The number of hydrogen-bond acceptors (Lipinski definition) is 4. The van der Waals surface area contributed by atoms with Gasteiger partial charge in [-0.15, -0.1) is 0 Å². The molecule has 0 saturated carbocycles. The van der Waals surface area contributed by atoms with Gasteiger partial charge in [0.15, 0.2) is 9.84 Å². The molecule has 2 rings (SSSR count). The van der Waals surface area contributed by atoms with E-state index in [1.807, 2.05) is 36.4 Å².